The van der Waals surface area contributed by atoms with Crippen LogP contribution in [-0.2, 0) is 11.2 Å². The standard InChI is InChI=1S/C17H26N2O/c1-14-3-2-4-16(13-14)5-6-17(20)19-11-8-15(7-10-18)9-12-19/h2-4,13,15H,5-12,18H2,1H3. The summed E-state index contributed by atoms with van der Waals surface area (Å²) < 4.78 is 0. The summed E-state index contributed by atoms with van der Waals surface area (Å²) in [6.45, 7) is 4.69. The van der Waals surface area contributed by atoms with Gasteiger partial charge in [0.2, 0.25) is 5.91 Å². The highest BCUT2D eigenvalue weighted by Crippen LogP contribution is 2.20. The van der Waals surface area contributed by atoms with Crippen LogP contribution in [0.15, 0.2) is 24.3 Å². The fraction of sp³-hybridized carbons (Fsp3) is 0.588. The minimum atomic E-state index is 0.303. The van der Waals surface area contributed by atoms with Crippen LogP contribution in [0.1, 0.15) is 36.8 Å². The molecule has 0 aliphatic carbocycles. The Morgan fingerprint density at radius 2 is 2.10 bits per heavy atom. The number of benzene rings is 1. The minimum Gasteiger partial charge on any atom is -0.343 e. The molecule has 110 valence electrons. The van der Waals surface area contributed by atoms with Crippen LogP contribution in [0.25, 0.3) is 0 Å². The lowest BCUT2D eigenvalue weighted by molar-refractivity contribution is -0.132. The predicted octanol–water partition coefficient (Wildman–Crippen LogP) is 2.52. The number of likely N-dealkylation sites (tertiary alicyclic amines) is 1. The largest absolute Gasteiger partial charge is 0.343 e. The molecule has 0 atom stereocenters. The molecule has 1 saturated heterocycles. The van der Waals surface area contributed by atoms with Gasteiger partial charge in [0.05, 0.1) is 0 Å². The number of nitrogens with two attached hydrogens (primary N) is 1. The smallest absolute Gasteiger partial charge is 0.222 e. The molecule has 0 saturated carbocycles. The second-order valence-corrected chi connectivity index (χ2v) is 5.89. The summed E-state index contributed by atoms with van der Waals surface area (Å²) in [5.41, 5.74) is 8.12. The number of amides is 1. The number of carbonyl (C=O) groups excluding carboxylic acids is 1. The van der Waals surface area contributed by atoms with E-state index in [0.29, 0.717) is 12.3 Å². The van der Waals surface area contributed by atoms with E-state index in [1.807, 2.05) is 4.90 Å². The van der Waals surface area contributed by atoms with Crippen LogP contribution in [0.4, 0.5) is 0 Å². The van der Waals surface area contributed by atoms with E-state index < -0.39 is 0 Å². The van der Waals surface area contributed by atoms with Crippen LogP contribution < -0.4 is 5.73 Å². The quantitative estimate of drug-likeness (QED) is 0.897. The first kappa shape index (κ1) is 15.0. The van der Waals surface area contributed by atoms with Gasteiger partial charge in [0.15, 0.2) is 0 Å². The Kier molecular flexibility index (Phi) is 5.60. The van der Waals surface area contributed by atoms with E-state index in [1.54, 1.807) is 0 Å². The summed E-state index contributed by atoms with van der Waals surface area (Å²) in [5.74, 6) is 1.03. The van der Waals surface area contributed by atoms with Crippen molar-refractivity contribution in [3.05, 3.63) is 35.4 Å². The molecule has 1 aromatic carbocycles. The molecule has 1 heterocycles. The molecule has 0 spiro atoms. The lowest BCUT2D eigenvalue weighted by Gasteiger charge is -2.32. The maximum atomic E-state index is 12.2. The number of hydrogen-bond acceptors (Lipinski definition) is 2. The van der Waals surface area contributed by atoms with E-state index >= 15 is 0 Å². The Hall–Kier alpha value is -1.35. The van der Waals surface area contributed by atoms with Crippen molar-refractivity contribution in [3.63, 3.8) is 0 Å². The second kappa shape index (κ2) is 7.44. The molecule has 0 unspecified atom stereocenters. The van der Waals surface area contributed by atoms with E-state index in [9.17, 15) is 4.79 Å². The van der Waals surface area contributed by atoms with Gasteiger partial charge in [0.1, 0.15) is 0 Å². The average molecular weight is 274 g/mol. The molecule has 20 heavy (non-hydrogen) atoms. The van der Waals surface area contributed by atoms with Crippen LogP contribution in [-0.4, -0.2) is 30.4 Å². The summed E-state index contributed by atoms with van der Waals surface area (Å²) in [5, 5.41) is 0. The number of hydrogen-bond donors (Lipinski definition) is 1. The average Bonchev–Trinajstić information content (AvgIpc) is 2.46. The van der Waals surface area contributed by atoms with Crippen molar-refractivity contribution < 1.29 is 4.79 Å². The molecule has 1 aliphatic rings. The molecular weight excluding hydrogens is 248 g/mol. The summed E-state index contributed by atoms with van der Waals surface area (Å²) in [7, 11) is 0. The molecule has 3 nitrogen and oxygen atoms in total. The molecule has 3 heteroatoms. The van der Waals surface area contributed by atoms with Crippen molar-refractivity contribution in [1.82, 2.24) is 4.90 Å². The lowest BCUT2D eigenvalue weighted by atomic mass is 9.93. The van der Waals surface area contributed by atoms with Gasteiger partial charge in [0.25, 0.3) is 0 Å². The Morgan fingerprint density at radius 3 is 2.75 bits per heavy atom. The molecule has 2 rings (SSSR count). The normalized spacial score (nSPS) is 16.4. The number of carbonyl (C=O) groups is 1. The fourth-order valence-corrected chi connectivity index (χ4v) is 2.98. The monoisotopic (exact) mass is 274 g/mol. The van der Waals surface area contributed by atoms with Crippen molar-refractivity contribution in [2.24, 2.45) is 11.7 Å². The Morgan fingerprint density at radius 1 is 1.35 bits per heavy atom. The zero-order valence-electron chi connectivity index (χ0n) is 12.5. The third-order valence-electron chi connectivity index (χ3n) is 4.25. The van der Waals surface area contributed by atoms with Crippen molar-refractivity contribution in [3.8, 4) is 0 Å². The molecule has 1 aromatic rings. The highest BCUT2D eigenvalue weighted by molar-refractivity contribution is 5.76. The Labute approximate surface area is 122 Å². The third kappa shape index (κ3) is 4.34. The third-order valence-corrected chi connectivity index (χ3v) is 4.25. The van der Waals surface area contributed by atoms with Gasteiger partial charge in [-0.05, 0) is 50.6 Å². The van der Waals surface area contributed by atoms with E-state index in [-0.39, 0.29) is 0 Å². The number of nitrogens with zero attached hydrogens (tertiary/aromatic N) is 1. The van der Waals surface area contributed by atoms with Gasteiger partial charge < -0.3 is 10.6 Å². The summed E-state index contributed by atoms with van der Waals surface area (Å²) >= 11 is 0. The van der Waals surface area contributed by atoms with Crippen molar-refractivity contribution in [1.29, 1.82) is 0 Å². The molecule has 1 aliphatic heterocycles. The second-order valence-electron chi connectivity index (χ2n) is 5.89. The van der Waals surface area contributed by atoms with E-state index in [4.69, 9.17) is 5.73 Å². The van der Waals surface area contributed by atoms with Crippen molar-refractivity contribution in [2.45, 2.75) is 39.0 Å². The first-order chi connectivity index (χ1) is 9.69. The van der Waals surface area contributed by atoms with Gasteiger partial charge in [0, 0.05) is 19.5 Å². The van der Waals surface area contributed by atoms with Gasteiger partial charge >= 0.3 is 0 Å². The minimum absolute atomic E-state index is 0.303. The molecule has 1 fully saturated rings. The van der Waals surface area contributed by atoms with Crippen LogP contribution in [0, 0.1) is 12.8 Å². The van der Waals surface area contributed by atoms with Gasteiger partial charge in [-0.2, -0.15) is 0 Å². The first-order valence-electron chi connectivity index (χ1n) is 7.72. The zero-order valence-corrected chi connectivity index (χ0v) is 12.5. The van der Waals surface area contributed by atoms with Crippen molar-refractivity contribution >= 4 is 5.91 Å². The Bertz CT molecular complexity index is 436. The molecule has 0 aromatic heterocycles. The number of piperidine rings is 1. The van der Waals surface area contributed by atoms with Crippen LogP contribution in [0.5, 0.6) is 0 Å². The van der Waals surface area contributed by atoms with Gasteiger partial charge in [-0.3, -0.25) is 4.79 Å². The molecule has 2 N–H and O–H groups in total. The number of aryl methyl sites for hydroxylation is 2. The highest BCUT2D eigenvalue weighted by Gasteiger charge is 2.21. The highest BCUT2D eigenvalue weighted by atomic mass is 16.2. The Balaban J connectivity index is 1.76. The first-order valence-corrected chi connectivity index (χ1v) is 7.72. The van der Waals surface area contributed by atoms with Crippen LogP contribution in [0.3, 0.4) is 0 Å². The van der Waals surface area contributed by atoms with E-state index in [0.717, 1.165) is 51.2 Å². The van der Waals surface area contributed by atoms with E-state index in [2.05, 4.69) is 31.2 Å². The SMILES string of the molecule is Cc1cccc(CCC(=O)N2CCC(CCN)CC2)c1. The van der Waals surface area contributed by atoms with Crippen LogP contribution in [0.2, 0.25) is 0 Å². The molecule has 1 amide bonds. The molecular formula is C17H26N2O. The maximum absolute atomic E-state index is 12.2. The van der Waals surface area contributed by atoms with Crippen molar-refractivity contribution in [2.75, 3.05) is 19.6 Å². The maximum Gasteiger partial charge on any atom is 0.222 e. The fourth-order valence-electron chi connectivity index (χ4n) is 2.98. The van der Waals surface area contributed by atoms with Crippen LogP contribution >= 0.6 is 0 Å². The molecule has 0 radical (unpaired) electrons. The number of rotatable bonds is 5. The summed E-state index contributed by atoms with van der Waals surface area (Å²) in [6, 6.07) is 8.43. The van der Waals surface area contributed by atoms with Gasteiger partial charge in [-0.1, -0.05) is 29.8 Å². The topological polar surface area (TPSA) is 46.3 Å². The summed E-state index contributed by atoms with van der Waals surface area (Å²) in [4.78, 5) is 14.3. The van der Waals surface area contributed by atoms with Gasteiger partial charge in [-0.15, -0.1) is 0 Å². The zero-order chi connectivity index (χ0) is 14.4. The predicted molar refractivity (Wildman–Crippen MR) is 82.5 cm³/mol. The lowest BCUT2D eigenvalue weighted by Crippen LogP contribution is -2.38. The summed E-state index contributed by atoms with van der Waals surface area (Å²) in [6.07, 6.45) is 4.82. The van der Waals surface area contributed by atoms with Gasteiger partial charge in [-0.25, -0.2) is 0 Å². The van der Waals surface area contributed by atoms with E-state index in [1.165, 1.54) is 11.1 Å². The molecule has 0 bridgehead atoms.